The fourth-order valence-corrected chi connectivity index (χ4v) is 0. The van der Waals surface area contributed by atoms with E-state index in [-0.39, 0.29) is 0 Å². The van der Waals surface area contributed by atoms with Gasteiger partial charge in [0.1, 0.15) is 0 Å². The van der Waals surface area contributed by atoms with Crippen molar-refractivity contribution in [3.63, 3.8) is 0 Å². The lowest BCUT2D eigenvalue weighted by atomic mass is 10.1. The molecule has 0 heterocycles. The van der Waals surface area contributed by atoms with Crippen molar-refractivity contribution in [3.05, 3.63) is 0 Å². The third kappa shape index (κ3) is 2.73. The maximum Gasteiger partial charge on any atom is 0.570 e. The van der Waals surface area contributed by atoms with Crippen LogP contribution in [0.2, 0.25) is 0 Å². The highest BCUT2D eigenvalue weighted by atomic mass is 35.5. The number of rotatable bonds is 1. The molecule has 0 nitrogen and oxygen atoms in total. The largest absolute Gasteiger partial charge is 0.570 e. The molecule has 0 saturated carbocycles. The van der Waals surface area contributed by atoms with Crippen LogP contribution in [0.4, 0.5) is 8.63 Å². The average Bonchev–Trinajstić information content (AvgIpc) is 1.36. The molecule has 0 radical (unpaired) electrons. The molecule has 6 heavy (non-hydrogen) atoms. The summed E-state index contributed by atoms with van der Waals surface area (Å²) in [6.45, 7) is 0. The molecule has 0 aliphatic carbocycles. The number of hydrogen-bond acceptors (Lipinski definition) is 0. The van der Waals surface area contributed by atoms with Crippen LogP contribution >= 0.6 is 23.2 Å². The molecule has 0 aliphatic rings. The van der Waals surface area contributed by atoms with Gasteiger partial charge in [0, 0.05) is 0 Å². The summed E-state index contributed by atoms with van der Waals surface area (Å²) < 4.78 is 20.2. The first-order valence-corrected chi connectivity index (χ1v) is 2.08. The Morgan fingerprint density at radius 2 is 1.50 bits per heavy atom. The quantitative estimate of drug-likeness (QED) is 0.377. The van der Waals surface area contributed by atoms with Gasteiger partial charge < -0.3 is 0 Å². The van der Waals surface area contributed by atoms with E-state index in [1.165, 1.54) is 0 Å². The first-order valence-electron chi connectivity index (χ1n) is 1.21. The highest BCUT2D eigenvalue weighted by molar-refractivity contribution is 6.72. The summed E-state index contributed by atoms with van der Waals surface area (Å²) in [7, 11) is -2.62. The number of alkyl halides is 2. The molecule has 0 rings (SSSR count). The van der Waals surface area contributed by atoms with Gasteiger partial charge in [0.2, 0.25) is 0 Å². The van der Waals surface area contributed by atoms with Gasteiger partial charge in [-0.25, -0.2) is 0 Å². The van der Waals surface area contributed by atoms with Gasteiger partial charge in [-0.15, -0.1) is 23.2 Å². The van der Waals surface area contributed by atoms with E-state index in [1.807, 2.05) is 0 Å². The summed E-state index contributed by atoms with van der Waals surface area (Å²) >= 11 is 9.26. The Morgan fingerprint density at radius 1 is 1.33 bits per heavy atom. The first kappa shape index (κ1) is 6.50. The summed E-state index contributed by atoms with van der Waals surface area (Å²) in [5.74, 6) is 0. The van der Waals surface area contributed by atoms with Crippen LogP contribution in [0.1, 0.15) is 0 Å². The van der Waals surface area contributed by atoms with E-state index >= 15 is 0 Å². The predicted molar refractivity (Wildman–Crippen MR) is 23.5 cm³/mol. The maximum atomic E-state index is 10.9. The predicted octanol–water partition coefficient (Wildman–Crippen LogP) is 1.76. The Hall–Kier alpha value is 0.505. The number of halogens is 4. The van der Waals surface area contributed by atoms with Crippen LogP contribution in [0, 0.1) is 0 Å². The van der Waals surface area contributed by atoms with Crippen molar-refractivity contribution in [2.24, 2.45) is 0 Å². The molecule has 36 valence electrons. The van der Waals surface area contributed by atoms with Crippen LogP contribution in [0.5, 0.6) is 0 Å². The second-order valence-corrected chi connectivity index (χ2v) is 1.83. The van der Waals surface area contributed by atoms with Gasteiger partial charge in [0.05, 0.1) is 0 Å². The minimum Gasteiger partial charge on any atom is -0.284 e. The lowest BCUT2D eigenvalue weighted by Crippen LogP contribution is -2.07. The lowest BCUT2D eigenvalue weighted by molar-refractivity contribution is 0.664. The average molecular weight is 133 g/mol. The number of hydrogen-bond donors (Lipinski definition) is 0. The van der Waals surface area contributed by atoms with Gasteiger partial charge in [-0.3, -0.25) is 8.63 Å². The topological polar surface area (TPSA) is 0 Å². The van der Waals surface area contributed by atoms with Gasteiger partial charge in [0.15, 0.2) is 4.74 Å². The summed E-state index contributed by atoms with van der Waals surface area (Å²) in [6, 6.07) is 0. The summed E-state index contributed by atoms with van der Waals surface area (Å²) in [6.07, 6.45) is 0. The molecule has 0 spiro atoms. The Kier molecular flexibility index (Phi) is 2.86. The van der Waals surface area contributed by atoms with E-state index in [4.69, 9.17) is 0 Å². The molecule has 0 fully saturated rings. The van der Waals surface area contributed by atoms with Crippen LogP contribution in [0.25, 0.3) is 0 Å². The minimum atomic E-state index is -2.62. The normalized spacial score (nSPS) is 9.50. The second kappa shape index (κ2) is 2.64. The SMILES string of the molecule is FB(F)C(Cl)Cl. The van der Waals surface area contributed by atoms with Crippen molar-refractivity contribution in [1.82, 2.24) is 0 Å². The summed E-state index contributed by atoms with van der Waals surface area (Å²) in [4.78, 5) is 0. The van der Waals surface area contributed by atoms with Crippen LogP contribution in [0.3, 0.4) is 0 Å². The Balaban J connectivity index is 2.99. The molecule has 0 saturated heterocycles. The van der Waals surface area contributed by atoms with Gasteiger partial charge in [-0.05, 0) is 0 Å². The molecule has 0 atom stereocenters. The van der Waals surface area contributed by atoms with Crippen molar-refractivity contribution >= 4 is 30.5 Å². The second-order valence-electron chi connectivity index (χ2n) is 0.669. The smallest absolute Gasteiger partial charge is 0.284 e. The van der Waals surface area contributed by atoms with Gasteiger partial charge in [-0.2, -0.15) is 0 Å². The Labute approximate surface area is 44.6 Å². The van der Waals surface area contributed by atoms with Gasteiger partial charge in [-0.1, -0.05) is 0 Å². The fraction of sp³-hybridized carbons (Fsp3) is 1.00. The summed E-state index contributed by atoms with van der Waals surface area (Å²) in [5, 5.41) is 0. The molecule has 0 aromatic rings. The minimum absolute atomic E-state index is 1.54. The highest BCUT2D eigenvalue weighted by Gasteiger charge is 2.21. The van der Waals surface area contributed by atoms with E-state index in [1.54, 1.807) is 0 Å². The van der Waals surface area contributed by atoms with Gasteiger partial charge >= 0.3 is 7.27 Å². The van der Waals surface area contributed by atoms with Crippen molar-refractivity contribution in [3.8, 4) is 0 Å². The van der Waals surface area contributed by atoms with Crippen LogP contribution in [-0.4, -0.2) is 12.0 Å². The van der Waals surface area contributed by atoms with E-state index < -0.39 is 12.0 Å². The Morgan fingerprint density at radius 3 is 1.50 bits per heavy atom. The van der Waals surface area contributed by atoms with Gasteiger partial charge in [0.25, 0.3) is 0 Å². The van der Waals surface area contributed by atoms with Crippen LogP contribution in [0.15, 0.2) is 0 Å². The van der Waals surface area contributed by atoms with E-state index in [2.05, 4.69) is 23.2 Å². The molecule has 0 unspecified atom stereocenters. The zero-order chi connectivity index (χ0) is 5.15. The Bertz CT molecular complexity index is 32.5. The van der Waals surface area contributed by atoms with E-state index in [0.717, 1.165) is 0 Å². The first-order chi connectivity index (χ1) is 2.64. The molecule has 0 aromatic heterocycles. The van der Waals surface area contributed by atoms with E-state index in [0.29, 0.717) is 0 Å². The molecule has 5 heteroatoms. The fourth-order valence-electron chi connectivity index (χ4n) is 0. The standard InChI is InChI=1S/CHBCl2F2/c3-1(4)2(5)6/h1H. The maximum absolute atomic E-state index is 10.9. The molecular weight excluding hydrogens is 132 g/mol. The van der Waals surface area contributed by atoms with Crippen molar-refractivity contribution in [1.29, 1.82) is 0 Å². The van der Waals surface area contributed by atoms with Crippen molar-refractivity contribution in [2.75, 3.05) is 0 Å². The lowest BCUT2D eigenvalue weighted by Gasteiger charge is -1.86. The van der Waals surface area contributed by atoms with Crippen LogP contribution < -0.4 is 0 Å². The zero-order valence-corrected chi connectivity index (χ0v) is 4.18. The monoisotopic (exact) mass is 132 g/mol. The highest BCUT2D eigenvalue weighted by Crippen LogP contribution is 2.07. The van der Waals surface area contributed by atoms with Crippen LogP contribution in [-0.2, 0) is 0 Å². The summed E-state index contributed by atoms with van der Waals surface area (Å²) in [5.41, 5.74) is 0. The molecule has 0 aliphatic heterocycles. The van der Waals surface area contributed by atoms with E-state index in [9.17, 15) is 8.63 Å². The molecule has 0 N–H and O–H groups in total. The zero-order valence-electron chi connectivity index (χ0n) is 2.67. The molecular formula is CHBCl2F2. The third-order valence-electron chi connectivity index (χ3n) is 0.190. The van der Waals surface area contributed by atoms with Crippen molar-refractivity contribution < 1.29 is 8.63 Å². The third-order valence-corrected chi connectivity index (χ3v) is 0.571. The molecule has 0 amide bonds. The molecule has 0 bridgehead atoms. The van der Waals surface area contributed by atoms with Crippen molar-refractivity contribution in [2.45, 2.75) is 4.74 Å². The molecule has 0 aromatic carbocycles.